The summed E-state index contributed by atoms with van der Waals surface area (Å²) < 4.78 is 62.8. The minimum Gasteiger partial charge on any atom is -0.471 e. The zero-order valence-electron chi connectivity index (χ0n) is 22.0. The predicted octanol–water partition coefficient (Wildman–Crippen LogP) is 3.53. The highest BCUT2D eigenvalue weighted by Gasteiger charge is 2.35. The number of anilines is 1. The molecule has 0 atom stereocenters. The molecule has 1 aliphatic rings. The molecule has 13 heteroatoms. The number of rotatable bonds is 12. The van der Waals surface area contributed by atoms with Crippen LogP contribution in [0.3, 0.4) is 0 Å². The van der Waals surface area contributed by atoms with Crippen molar-refractivity contribution in [1.82, 2.24) is 9.29 Å². The molecule has 1 aromatic carbocycles. The van der Waals surface area contributed by atoms with Crippen molar-refractivity contribution in [3.05, 3.63) is 65.7 Å². The summed E-state index contributed by atoms with van der Waals surface area (Å²) in [6.07, 6.45) is -0.987. The van der Waals surface area contributed by atoms with Gasteiger partial charge in [0.1, 0.15) is 11.6 Å². The lowest BCUT2D eigenvalue weighted by molar-refractivity contribution is -0.130. The SMILES string of the molecule is C=CCN(C(=O)C1CCN(c2nc(OCC(F)F)c(C(=O)OCC)cc2C#N)CC1)S(=O)(=O)Cc1ccccc1. The molecular weight excluding hydrogens is 546 g/mol. The Bertz CT molecular complexity index is 1360. The van der Waals surface area contributed by atoms with E-state index in [2.05, 4.69) is 11.6 Å². The van der Waals surface area contributed by atoms with Crippen LogP contribution in [0.5, 0.6) is 5.88 Å². The lowest BCUT2D eigenvalue weighted by Gasteiger charge is -2.34. The zero-order valence-corrected chi connectivity index (χ0v) is 22.8. The van der Waals surface area contributed by atoms with Crippen LogP contribution in [0.15, 0.2) is 49.1 Å². The molecule has 0 aliphatic carbocycles. The number of hydrogen-bond acceptors (Lipinski definition) is 9. The minimum atomic E-state index is -3.98. The first-order valence-electron chi connectivity index (χ1n) is 12.6. The Labute approximate surface area is 231 Å². The molecule has 3 rings (SSSR count). The Morgan fingerprint density at radius 2 is 1.95 bits per heavy atom. The monoisotopic (exact) mass is 576 g/mol. The van der Waals surface area contributed by atoms with Gasteiger partial charge in [0, 0.05) is 19.0 Å². The maximum Gasteiger partial charge on any atom is 0.343 e. The van der Waals surface area contributed by atoms with Crippen LogP contribution in [-0.4, -0.2) is 68.9 Å². The van der Waals surface area contributed by atoms with Crippen molar-refractivity contribution in [2.24, 2.45) is 5.92 Å². The number of piperidine rings is 1. The maximum absolute atomic E-state index is 13.3. The van der Waals surface area contributed by atoms with E-state index in [1.165, 1.54) is 12.1 Å². The molecule has 1 aliphatic heterocycles. The van der Waals surface area contributed by atoms with Crippen LogP contribution in [0.25, 0.3) is 0 Å². The van der Waals surface area contributed by atoms with Crippen molar-refractivity contribution in [2.75, 3.05) is 37.7 Å². The van der Waals surface area contributed by atoms with Crippen LogP contribution >= 0.6 is 0 Å². The first kappa shape index (κ1) is 30.5. The Morgan fingerprint density at radius 3 is 2.52 bits per heavy atom. The summed E-state index contributed by atoms with van der Waals surface area (Å²) in [7, 11) is -3.98. The third-order valence-corrected chi connectivity index (χ3v) is 7.84. The van der Waals surface area contributed by atoms with Crippen molar-refractivity contribution in [1.29, 1.82) is 5.26 Å². The van der Waals surface area contributed by atoms with Crippen LogP contribution in [0, 0.1) is 17.2 Å². The molecule has 2 heterocycles. The quantitative estimate of drug-likeness (QED) is 0.275. The number of pyridine rings is 1. The van der Waals surface area contributed by atoms with Gasteiger partial charge in [-0.25, -0.2) is 26.3 Å². The number of hydrogen-bond donors (Lipinski definition) is 0. The van der Waals surface area contributed by atoms with Crippen LogP contribution in [0.1, 0.15) is 41.3 Å². The highest BCUT2D eigenvalue weighted by atomic mass is 32.2. The van der Waals surface area contributed by atoms with E-state index in [9.17, 15) is 32.0 Å². The summed E-state index contributed by atoms with van der Waals surface area (Å²) in [5, 5.41) is 9.71. The largest absolute Gasteiger partial charge is 0.471 e. The number of benzene rings is 1. The fourth-order valence-electron chi connectivity index (χ4n) is 4.28. The second kappa shape index (κ2) is 13.8. The molecule has 0 N–H and O–H groups in total. The standard InChI is InChI=1S/C27H30F2N4O6S/c1-3-12-33(40(36,37)18-19-8-6-5-7-9-19)26(34)20-10-13-32(14-11-20)24-21(16-30)15-22(27(35)38-4-2)25(31-24)39-17-23(28)29/h3,5-9,15,20,23H,1,4,10-14,17-18H2,2H3. The smallest absolute Gasteiger partial charge is 0.343 e. The van der Waals surface area contributed by atoms with E-state index >= 15 is 0 Å². The molecule has 1 amide bonds. The number of aromatic nitrogens is 1. The summed E-state index contributed by atoms with van der Waals surface area (Å²) in [4.78, 5) is 31.6. The van der Waals surface area contributed by atoms with Gasteiger partial charge in [0.05, 0.1) is 24.5 Å². The molecular formula is C27H30F2N4O6S. The van der Waals surface area contributed by atoms with Gasteiger partial charge in [-0.2, -0.15) is 10.2 Å². The van der Waals surface area contributed by atoms with E-state index in [1.54, 1.807) is 42.2 Å². The first-order valence-corrected chi connectivity index (χ1v) is 14.2. The summed E-state index contributed by atoms with van der Waals surface area (Å²) in [5.74, 6) is -2.68. The van der Waals surface area contributed by atoms with E-state index in [0.717, 1.165) is 4.31 Å². The third kappa shape index (κ3) is 7.53. The lowest BCUT2D eigenvalue weighted by Crippen LogP contribution is -2.45. The van der Waals surface area contributed by atoms with Crippen LogP contribution < -0.4 is 9.64 Å². The molecule has 1 saturated heterocycles. The first-order chi connectivity index (χ1) is 19.1. The Morgan fingerprint density at radius 1 is 1.27 bits per heavy atom. The van der Waals surface area contributed by atoms with E-state index in [-0.39, 0.29) is 61.8 Å². The molecule has 40 heavy (non-hydrogen) atoms. The van der Waals surface area contributed by atoms with Crippen LogP contribution in [0.2, 0.25) is 0 Å². The highest BCUT2D eigenvalue weighted by molar-refractivity contribution is 7.88. The van der Waals surface area contributed by atoms with Gasteiger partial charge in [-0.1, -0.05) is 36.4 Å². The average Bonchev–Trinajstić information content (AvgIpc) is 2.94. The van der Waals surface area contributed by atoms with Gasteiger partial charge in [0.25, 0.3) is 6.43 Å². The lowest BCUT2D eigenvalue weighted by atomic mass is 9.95. The number of nitriles is 1. The topological polar surface area (TPSA) is 130 Å². The number of nitrogens with zero attached hydrogens (tertiary/aromatic N) is 4. The molecule has 0 saturated carbocycles. The number of carbonyl (C=O) groups excluding carboxylic acids is 2. The molecule has 1 fully saturated rings. The van der Waals surface area contributed by atoms with Gasteiger partial charge in [-0.3, -0.25) is 4.79 Å². The predicted molar refractivity (Wildman–Crippen MR) is 142 cm³/mol. The van der Waals surface area contributed by atoms with Gasteiger partial charge >= 0.3 is 5.97 Å². The minimum absolute atomic E-state index is 0.00375. The van der Waals surface area contributed by atoms with Crippen LogP contribution in [-0.2, 0) is 25.3 Å². The van der Waals surface area contributed by atoms with Crippen molar-refractivity contribution in [3.8, 4) is 11.9 Å². The van der Waals surface area contributed by atoms with Gasteiger partial charge in [0.15, 0.2) is 12.4 Å². The van der Waals surface area contributed by atoms with E-state index in [4.69, 9.17) is 9.47 Å². The number of halogens is 2. The second-order valence-corrected chi connectivity index (χ2v) is 10.8. The van der Waals surface area contributed by atoms with E-state index in [1.807, 2.05) is 6.07 Å². The zero-order chi connectivity index (χ0) is 29.3. The number of sulfonamides is 1. The van der Waals surface area contributed by atoms with Crippen LogP contribution in [0.4, 0.5) is 14.6 Å². The van der Waals surface area contributed by atoms with Gasteiger partial charge < -0.3 is 14.4 Å². The van der Waals surface area contributed by atoms with E-state index in [0.29, 0.717) is 5.56 Å². The number of amides is 1. The van der Waals surface area contributed by atoms with Crippen molar-refractivity contribution < 1.29 is 36.3 Å². The molecule has 1 aromatic heterocycles. The molecule has 0 spiro atoms. The van der Waals surface area contributed by atoms with Gasteiger partial charge in [0.2, 0.25) is 21.8 Å². The Balaban J connectivity index is 1.80. The molecule has 2 aromatic rings. The molecule has 0 radical (unpaired) electrons. The normalized spacial score (nSPS) is 13.9. The second-order valence-electron chi connectivity index (χ2n) is 8.91. The van der Waals surface area contributed by atoms with Gasteiger partial charge in [-0.15, -0.1) is 6.58 Å². The Kier molecular flexibility index (Phi) is 10.6. The molecule has 214 valence electrons. The summed E-state index contributed by atoms with van der Waals surface area (Å²) >= 11 is 0. The van der Waals surface area contributed by atoms with Crippen molar-refractivity contribution in [2.45, 2.75) is 31.9 Å². The summed E-state index contributed by atoms with van der Waals surface area (Å²) in [5.41, 5.74) is 0.290. The number of ether oxygens (including phenoxy) is 2. The molecule has 0 bridgehead atoms. The summed E-state index contributed by atoms with van der Waals surface area (Å²) in [6.45, 7) is 4.41. The maximum atomic E-state index is 13.3. The fraction of sp³-hybridized carbons (Fsp3) is 0.407. The Hall–Kier alpha value is -4.05. The number of carbonyl (C=O) groups is 2. The number of esters is 1. The number of alkyl halides is 2. The fourth-order valence-corrected chi connectivity index (χ4v) is 5.81. The van der Waals surface area contributed by atoms with Crippen molar-refractivity contribution >= 4 is 27.7 Å². The van der Waals surface area contributed by atoms with Crippen molar-refractivity contribution in [3.63, 3.8) is 0 Å². The molecule has 10 nitrogen and oxygen atoms in total. The van der Waals surface area contributed by atoms with E-state index < -0.39 is 46.7 Å². The third-order valence-electron chi connectivity index (χ3n) is 6.14. The highest BCUT2D eigenvalue weighted by Crippen LogP contribution is 2.31. The summed E-state index contributed by atoms with van der Waals surface area (Å²) in [6, 6.07) is 11.7. The average molecular weight is 577 g/mol. The molecule has 0 unspecified atom stereocenters. The van der Waals surface area contributed by atoms with Gasteiger partial charge in [-0.05, 0) is 31.4 Å².